The summed E-state index contributed by atoms with van der Waals surface area (Å²) in [5, 5.41) is 22.7. The van der Waals surface area contributed by atoms with E-state index in [4.69, 9.17) is 27.9 Å². The zero-order chi connectivity index (χ0) is 22.3. The van der Waals surface area contributed by atoms with Crippen LogP contribution in [-0.2, 0) is 14.3 Å². The highest BCUT2D eigenvalue weighted by Gasteiger charge is 2.15. The van der Waals surface area contributed by atoms with Gasteiger partial charge in [0.25, 0.3) is 11.6 Å². The van der Waals surface area contributed by atoms with Gasteiger partial charge < -0.3 is 14.8 Å². The van der Waals surface area contributed by atoms with Gasteiger partial charge in [-0.1, -0.05) is 29.3 Å². The van der Waals surface area contributed by atoms with E-state index in [1.165, 1.54) is 43.5 Å². The van der Waals surface area contributed by atoms with Crippen LogP contribution >= 0.6 is 23.2 Å². The van der Waals surface area contributed by atoms with E-state index in [1.54, 1.807) is 6.07 Å². The number of methoxy groups -OCH3 is 1. The Kier molecular flexibility index (Phi) is 7.75. The standard InChI is InChI=1S/C19H13Cl2N3O6/c1-29-17(25)10-30-18-15(20)6-11(7-16(18)21)5-12(9-22)19(26)23-13-3-2-4-14(8-13)24(27)28/h2-8H,10H2,1H3,(H,23,26)/b12-5+. The molecular weight excluding hydrogens is 437 g/mol. The van der Waals surface area contributed by atoms with Gasteiger partial charge in [-0.15, -0.1) is 0 Å². The first-order chi connectivity index (χ1) is 14.2. The molecule has 0 radical (unpaired) electrons. The minimum Gasteiger partial charge on any atom is -0.479 e. The summed E-state index contributed by atoms with van der Waals surface area (Å²) < 4.78 is 9.67. The molecule has 0 spiro atoms. The maximum Gasteiger partial charge on any atom is 0.343 e. The smallest absolute Gasteiger partial charge is 0.343 e. The fourth-order valence-electron chi connectivity index (χ4n) is 2.20. The topological polar surface area (TPSA) is 132 Å². The summed E-state index contributed by atoms with van der Waals surface area (Å²) in [6.45, 7) is -0.403. The molecular formula is C19H13Cl2N3O6. The van der Waals surface area contributed by atoms with Gasteiger partial charge in [0.05, 0.1) is 22.1 Å². The summed E-state index contributed by atoms with van der Waals surface area (Å²) >= 11 is 12.2. The number of benzene rings is 2. The Morgan fingerprint density at radius 1 is 1.27 bits per heavy atom. The van der Waals surface area contributed by atoms with Crippen LogP contribution in [0, 0.1) is 21.4 Å². The number of amides is 1. The van der Waals surface area contributed by atoms with Crippen LogP contribution in [0.15, 0.2) is 42.0 Å². The minimum absolute atomic E-state index is 0.0421. The lowest BCUT2D eigenvalue weighted by molar-refractivity contribution is -0.384. The molecule has 11 heteroatoms. The number of carbonyl (C=O) groups excluding carboxylic acids is 2. The summed E-state index contributed by atoms with van der Waals surface area (Å²) in [5.74, 6) is -1.37. The average molecular weight is 450 g/mol. The number of nitrogens with zero attached hydrogens (tertiary/aromatic N) is 2. The molecule has 0 saturated heterocycles. The van der Waals surface area contributed by atoms with Gasteiger partial charge in [0, 0.05) is 17.8 Å². The first-order valence-electron chi connectivity index (χ1n) is 8.11. The van der Waals surface area contributed by atoms with Gasteiger partial charge in [-0.2, -0.15) is 5.26 Å². The monoisotopic (exact) mass is 449 g/mol. The van der Waals surface area contributed by atoms with Crippen molar-refractivity contribution >= 4 is 52.5 Å². The molecule has 0 saturated carbocycles. The summed E-state index contributed by atoms with van der Waals surface area (Å²) in [6, 6.07) is 9.79. The van der Waals surface area contributed by atoms with Crippen LogP contribution in [0.25, 0.3) is 6.08 Å². The number of hydrogen-bond acceptors (Lipinski definition) is 7. The van der Waals surface area contributed by atoms with E-state index in [-0.39, 0.29) is 32.7 Å². The maximum atomic E-state index is 12.4. The average Bonchev–Trinajstić information content (AvgIpc) is 2.71. The molecule has 1 amide bonds. The van der Waals surface area contributed by atoms with Crippen molar-refractivity contribution in [1.29, 1.82) is 5.26 Å². The fraction of sp³-hybridized carbons (Fsp3) is 0.105. The fourth-order valence-corrected chi connectivity index (χ4v) is 2.81. The minimum atomic E-state index is -0.781. The number of hydrogen-bond donors (Lipinski definition) is 1. The molecule has 9 nitrogen and oxygen atoms in total. The van der Waals surface area contributed by atoms with Crippen molar-refractivity contribution in [2.45, 2.75) is 0 Å². The second-order valence-electron chi connectivity index (χ2n) is 5.61. The molecule has 0 fully saturated rings. The number of nitro benzene ring substituents is 1. The normalized spacial score (nSPS) is 10.7. The number of non-ortho nitro benzene ring substituents is 1. The number of esters is 1. The van der Waals surface area contributed by atoms with E-state index in [1.807, 2.05) is 0 Å². The second-order valence-corrected chi connectivity index (χ2v) is 6.42. The number of anilines is 1. The number of ether oxygens (including phenoxy) is 2. The Labute approximate surface area is 180 Å². The van der Waals surface area contributed by atoms with Crippen molar-refractivity contribution in [2.24, 2.45) is 0 Å². The van der Waals surface area contributed by atoms with Crippen LogP contribution in [0.4, 0.5) is 11.4 Å². The van der Waals surface area contributed by atoms with Gasteiger partial charge in [-0.05, 0) is 29.8 Å². The van der Waals surface area contributed by atoms with Crippen LogP contribution in [-0.4, -0.2) is 30.5 Å². The number of nitro groups is 1. The summed E-state index contributed by atoms with van der Waals surface area (Å²) in [5.41, 5.74) is -0.0348. The highest BCUT2D eigenvalue weighted by Crippen LogP contribution is 2.35. The Morgan fingerprint density at radius 3 is 2.50 bits per heavy atom. The number of rotatable bonds is 7. The molecule has 0 heterocycles. The molecule has 2 aromatic carbocycles. The zero-order valence-corrected chi connectivity index (χ0v) is 16.9. The summed E-state index contributed by atoms with van der Waals surface area (Å²) in [7, 11) is 1.20. The Balaban J connectivity index is 2.24. The summed E-state index contributed by atoms with van der Waals surface area (Å²) in [6.07, 6.45) is 1.23. The molecule has 154 valence electrons. The number of nitrogens with one attached hydrogen (secondary N) is 1. The maximum absolute atomic E-state index is 12.4. The predicted octanol–water partition coefficient (Wildman–Crippen LogP) is 4.00. The van der Waals surface area contributed by atoms with Crippen molar-refractivity contribution < 1.29 is 24.0 Å². The molecule has 0 atom stereocenters. The zero-order valence-electron chi connectivity index (χ0n) is 15.3. The van der Waals surface area contributed by atoms with E-state index in [2.05, 4.69) is 10.1 Å². The van der Waals surface area contributed by atoms with Gasteiger partial charge in [0.15, 0.2) is 12.4 Å². The number of carbonyl (C=O) groups is 2. The van der Waals surface area contributed by atoms with Crippen LogP contribution in [0.3, 0.4) is 0 Å². The van der Waals surface area contributed by atoms with Crippen molar-refractivity contribution in [3.05, 3.63) is 67.7 Å². The van der Waals surface area contributed by atoms with Crippen LogP contribution in [0.1, 0.15) is 5.56 Å². The Bertz CT molecular complexity index is 1060. The third-order valence-electron chi connectivity index (χ3n) is 3.57. The lowest BCUT2D eigenvalue weighted by Crippen LogP contribution is -2.13. The Morgan fingerprint density at radius 2 is 1.93 bits per heavy atom. The van der Waals surface area contributed by atoms with Gasteiger partial charge in [-0.25, -0.2) is 4.79 Å². The van der Waals surface area contributed by atoms with E-state index in [0.29, 0.717) is 5.56 Å². The first kappa shape index (κ1) is 22.7. The third kappa shape index (κ3) is 5.94. The molecule has 2 aromatic rings. The quantitative estimate of drug-likeness (QED) is 0.222. The number of halogens is 2. The first-order valence-corrected chi connectivity index (χ1v) is 8.87. The second kappa shape index (κ2) is 10.2. The molecule has 30 heavy (non-hydrogen) atoms. The SMILES string of the molecule is COC(=O)COc1c(Cl)cc(/C=C(\C#N)C(=O)Nc2cccc([N+](=O)[O-])c2)cc1Cl. The van der Waals surface area contributed by atoms with Gasteiger partial charge >= 0.3 is 5.97 Å². The van der Waals surface area contributed by atoms with Crippen molar-refractivity contribution in [1.82, 2.24) is 0 Å². The van der Waals surface area contributed by atoms with Gasteiger partial charge in [0.2, 0.25) is 0 Å². The van der Waals surface area contributed by atoms with Crippen molar-refractivity contribution in [3.8, 4) is 11.8 Å². The highest BCUT2D eigenvalue weighted by atomic mass is 35.5. The largest absolute Gasteiger partial charge is 0.479 e. The molecule has 0 aliphatic rings. The molecule has 0 bridgehead atoms. The lowest BCUT2D eigenvalue weighted by Gasteiger charge is -2.10. The lowest BCUT2D eigenvalue weighted by atomic mass is 10.1. The van der Waals surface area contributed by atoms with E-state index < -0.39 is 23.4 Å². The predicted molar refractivity (Wildman–Crippen MR) is 109 cm³/mol. The van der Waals surface area contributed by atoms with Crippen LogP contribution < -0.4 is 10.1 Å². The molecule has 2 rings (SSSR count). The van der Waals surface area contributed by atoms with Crippen molar-refractivity contribution in [2.75, 3.05) is 19.0 Å². The van der Waals surface area contributed by atoms with E-state index >= 15 is 0 Å². The molecule has 0 aromatic heterocycles. The molecule has 0 aliphatic carbocycles. The molecule has 1 N–H and O–H groups in total. The summed E-state index contributed by atoms with van der Waals surface area (Å²) in [4.78, 5) is 33.8. The van der Waals surface area contributed by atoms with Gasteiger partial charge in [-0.3, -0.25) is 14.9 Å². The van der Waals surface area contributed by atoms with E-state index in [0.717, 1.165) is 6.07 Å². The molecule has 0 unspecified atom stereocenters. The number of nitriles is 1. The van der Waals surface area contributed by atoms with Crippen LogP contribution in [0.2, 0.25) is 10.0 Å². The van der Waals surface area contributed by atoms with E-state index in [9.17, 15) is 25.0 Å². The molecule has 0 aliphatic heterocycles. The Hall–Kier alpha value is -3.61. The third-order valence-corrected chi connectivity index (χ3v) is 4.14. The van der Waals surface area contributed by atoms with Crippen molar-refractivity contribution in [3.63, 3.8) is 0 Å². The highest BCUT2D eigenvalue weighted by molar-refractivity contribution is 6.37. The van der Waals surface area contributed by atoms with Gasteiger partial charge in [0.1, 0.15) is 11.6 Å². The van der Waals surface area contributed by atoms with Crippen LogP contribution in [0.5, 0.6) is 5.75 Å².